The number of halogens is 6. The molecule has 1 aliphatic heterocycles. The molecule has 35 heavy (non-hydrogen) atoms. The van der Waals surface area contributed by atoms with E-state index in [0.29, 0.717) is 24.2 Å². The Morgan fingerprint density at radius 3 is 2.63 bits per heavy atom. The van der Waals surface area contributed by atoms with Crippen LogP contribution in [0.15, 0.2) is 35.1 Å². The standard InChI is InChI=1S/C21H13Cl3F3N5O3/c22-12-5-16(34-8-10-1-2-17(33)28-10)13(23)4-11(12)20-30-18(31-35-20)15-7-32-6-9(21(25,26)27)3-14(24)19(32)29-15/h3-7,10H,1-2,8H2,(H,28,33)/t10-/m1/s1. The van der Waals surface area contributed by atoms with Crippen molar-refractivity contribution < 1.29 is 27.2 Å². The van der Waals surface area contributed by atoms with Crippen LogP contribution in [0, 0.1) is 0 Å². The third-order valence-electron chi connectivity index (χ3n) is 5.27. The van der Waals surface area contributed by atoms with Crippen molar-refractivity contribution in [3.05, 3.63) is 51.2 Å². The van der Waals surface area contributed by atoms with E-state index in [4.69, 9.17) is 44.1 Å². The van der Waals surface area contributed by atoms with Gasteiger partial charge in [-0.1, -0.05) is 40.0 Å². The summed E-state index contributed by atoms with van der Waals surface area (Å²) in [4.78, 5) is 19.8. The molecular formula is C21H13Cl3F3N5O3. The van der Waals surface area contributed by atoms with Gasteiger partial charge >= 0.3 is 6.18 Å². The van der Waals surface area contributed by atoms with Crippen molar-refractivity contribution in [2.45, 2.75) is 25.1 Å². The largest absolute Gasteiger partial charge is 0.490 e. The molecule has 0 spiro atoms. The number of pyridine rings is 1. The van der Waals surface area contributed by atoms with E-state index in [9.17, 15) is 18.0 Å². The van der Waals surface area contributed by atoms with Crippen LogP contribution in [0.2, 0.25) is 15.1 Å². The molecule has 3 aromatic heterocycles. The summed E-state index contributed by atoms with van der Waals surface area (Å²) in [5.41, 5.74) is -0.367. The fourth-order valence-electron chi connectivity index (χ4n) is 3.55. The van der Waals surface area contributed by atoms with E-state index >= 15 is 0 Å². The van der Waals surface area contributed by atoms with Crippen LogP contribution in [-0.2, 0) is 11.0 Å². The first-order valence-electron chi connectivity index (χ1n) is 10.1. The van der Waals surface area contributed by atoms with Crippen molar-refractivity contribution in [1.29, 1.82) is 0 Å². The molecule has 14 heteroatoms. The molecular weight excluding hydrogens is 534 g/mol. The average molecular weight is 547 g/mol. The Morgan fingerprint density at radius 2 is 1.91 bits per heavy atom. The van der Waals surface area contributed by atoms with Crippen molar-refractivity contribution in [3.63, 3.8) is 0 Å². The number of nitrogens with one attached hydrogen (secondary N) is 1. The zero-order valence-electron chi connectivity index (χ0n) is 17.4. The van der Waals surface area contributed by atoms with Crippen LogP contribution in [0.4, 0.5) is 13.2 Å². The number of alkyl halides is 3. The maximum atomic E-state index is 13.1. The third-order valence-corrected chi connectivity index (χ3v) is 6.15. The number of aromatic nitrogens is 4. The molecule has 0 saturated carbocycles. The molecule has 0 bridgehead atoms. The quantitative estimate of drug-likeness (QED) is 0.346. The predicted molar refractivity (Wildman–Crippen MR) is 121 cm³/mol. The van der Waals surface area contributed by atoms with Gasteiger partial charge in [0.2, 0.25) is 11.7 Å². The fraction of sp³-hybridized carbons (Fsp3) is 0.238. The minimum atomic E-state index is -4.57. The molecule has 0 unspecified atom stereocenters. The summed E-state index contributed by atoms with van der Waals surface area (Å²) in [6.45, 7) is 0.234. The Morgan fingerprint density at radius 1 is 1.11 bits per heavy atom. The van der Waals surface area contributed by atoms with Crippen molar-refractivity contribution in [2.24, 2.45) is 0 Å². The van der Waals surface area contributed by atoms with Crippen molar-refractivity contribution in [3.8, 4) is 28.7 Å². The van der Waals surface area contributed by atoms with E-state index in [2.05, 4.69) is 20.4 Å². The smallest absolute Gasteiger partial charge is 0.417 e. The lowest BCUT2D eigenvalue weighted by Gasteiger charge is -2.14. The molecule has 5 rings (SSSR count). The minimum Gasteiger partial charge on any atom is -0.490 e. The summed E-state index contributed by atoms with van der Waals surface area (Å²) < 4.78 is 51.3. The first-order valence-corrected chi connectivity index (χ1v) is 11.2. The number of fused-ring (bicyclic) bond motifs is 1. The maximum absolute atomic E-state index is 13.1. The number of hydrogen-bond acceptors (Lipinski definition) is 6. The number of rotatable bonds is 5. The van der Waals surface area contributed by atoms with Gasteiger partial charge < -0.3 is 19.0 Å². The van der Waals surface area contributed by atoms with E-state index < -0.39 is 11.7 Å². The Labute approximate surface area is 209 Å². The van der Waals surface area contributed by atoms with Gasteiger partial charge in [-0.25, -0.2) is 4.98 Å². The molecule has 8 nitrogen and oxygen atoms in total. The zero-order valence-corrected chi connectivity index (χ0v) is 19.6. The first-order chi connectivity index (χ1) is 16.6. The lowest BCUT2D eigenvalue weighted by Crippen LogP contribution is -2.30. The monoisotopic (exact) mass is 545 g/mol. The summed E-state index contributed by atoms with van der Waals surface area (Å²) in [7, 11) is 0. The van der Waals surface area contributed by atoms with Crippen LogP contribution < -0.4 is 10.1 Å². The zero-order chi connectivity index (χ0) is 24.9. The van der Waals surface area contributed by atoms with Gasteiger partial charge in [-0.2, -0.15) is 18.2 Å². The number of carbonyl (C=O) groups is 1. The number of nitrogens with zero attached hydrogens (tertiary/aromatic N) is 4. The number of carbonyl (C=O) groups excluding carboxylic acids is 1. The molecule has 1 saturated heterocycles. The highest BCUT2D eigenvalue weighted by Crippen LogP contribution is 2.37. The highest BCUT2D eigenvalue weighted by molar-refractivity contribution is 6.36. The lowest BCUT2D eigenvalue weighted by atomic mass is 10.2. The lowest BCUT2D eigenvalue weighted by molar-refractivity contribution is -0.137. The van der Waals surface area contributed by atoms with Crippen molar-refractivity contribution in [2.75, 3.05) is 6.61 Å². The second-order valence-corrected chi connectivity index (χ2v) is 8.95. The Balaban J connectivity index is 1.40. The SMILES string of the molecule is O=C1CC[C@H](COc2cc(Cl)c(-c3nc(-c4cn5cc(C(F)(F)F)cc(Cl)c5n4)no3)cc2Cl)N1. The molecule has 1 atom stereocenters. The van der Waals surface area contributed by atoms with Gasteiger partial charge in [-0.3, -0.25) is 4.79 Å². The molecule has 4 aromatic rings. The molecule has 0 aliphatic carbocycles. The van der Waals surface area contributed by atoms with E-state index in [0.717, 1.165) is 16.7 Å². The van der Waals surface area contributed by atoms with Crippen LogP contribution in [0.3, 0.4) is 0 Å². The summed E-state index contributed by atoms with van der Waals surface area (Å²) in [6.07, 6.45) is -1.29. The Hall–Kier alpha value is -3.02. The van der Waals surface area contributed by atoms with Crippen LogP contribution >= 0.6 is 34.8 Å². The molecule has 1 amide bonds. The van der Waals surface area contributed by atoms with Gasteiger partial charge in [0.05, 0.1) is 32.2 Å². The second-order valence-electron chi connectivity index (χ2n) is 7.73. The Kier molecular flexibility index (Phi) is 6.02. The number of imidazole rings is 1. The highest BCUT2D eigenvalue weighted by Gasteiger charge is 2.32. The first kappa shape index (κ1) is 23.7. The number of hydrogen-bond donors (Lipinski definition) is 1. The molecule has 4 heterocycles. The predicted octanol–water partition coefficient (Wildman–Crippen LogP) is 5.69. The van der Waals surface area contributed by atoms with Gasteiger partial charge in [-0.15, -0.1) is 0 Å². The van der Waals surface area contributed by atoms with Crippen LogP contribution in [0.5, 0.6) is 5.75 Å². The van der Waals surface area contributed by atoms with E-state index in [-0.39, 0.29) is 56.7 Å². The third kappa shape index (κ3) is 4.75. The summed E-state index contributed by atoms with van der Waals surface area (Å²) in [5, 5.41) is 6.90. The second kappa shape index (κ2) is 8.89. The van der Waals surface area contributed by atoms with Gasteiger partial charge in [0, 0.05) is 24.9 Å². The molecule has 182 valence electrons. The fourth-order valence-corrected chi connectivity index (χ4v) is 4.26. The van der Waals surface area contributed by atoms with E-state index in [1.54, 1.807) is 0 Å². The Bertz CT molecular complexity index is 1450. The van der Waals surface area contributed by atoms with Gasteiger partial charge in [0.25, 0.3) is 5.89 Å². The van der Waals surface area contributed by atoms with Crippen LogP contribution in [0.1, 0.15) is 18.4 Å². The van der Waals surface area contributed by atoms with E-state index in [1.165, 1.54) is 18.3 Å². The summed E-state index contributed by atoms with van der Waals surface area (Å²) in [5.74, 6) is 0.314. The van der Waals surface area contributed by atoms with Crippen LogP contribution in [-0.4, -0.2) is 38.1 Å². The topological polar surface area (TPSA) is 94.5 Å². The summed E-state index contributed by atoms with van der Waals surface area (Å²) >= 11 is 18.7. The van der Waals surface area contributed by atoms with Gasteiger partial charge in [0.15, 0.2) is 5.65 Å². The van der Waals surface area contributed by atoms with Gasteiger partial charge in [-0.05, 0) is 18.6 Å². The number of benzene rings is 1. The van der Waals surface area contributed by atoms with Crippen molar-refractivity contribution in [1.82, 2.24) is 24.8 Å². The minimum absolute atomic E-state index is 0.0119. The molecule has 0 radical (unpaired) electrons. The number of ether oxygens (including phenoxy) is 1. The molecule has 1 fully saturated rings. The summed E-state index contributed by atoms with van der Waals surface area (Å²) in [6, 6.07) is 3.66. The molecule has 1 N–H and O–H groups in total. The van der Waals surface area contributed by atoms with Crippen LogP contribution in [0.25, 0.3) is 28.6 Å². The highest BCUT2D eigenvalue weighted by atomic mass is 35.5. The maximum Gasteiger partial charge on any atom is 0.417 e. The number of amides is 1. The van der Waals surface area contributed by atoms with Crippen molar-refractivity contribution >= 4 is 46.4 Å². The normalized spacial score (nSPS) is 16.2. The average Bonchev–Trinajstić information content (AvgIpc) is 3.52. The molecule has 1 aromatic carbocycles. The van der Waals surface area contributed by atoms with Gasteiger partial charge in [0.1, 0.15) is 18.1 Å². The van der Waals surface area contributed by atoms with E-state index in [1.807, 2.05) is 0 Å². The molecule has 1 aliphatic rings.